The minimum atomic E-state index is -4.60. The average Bonchev–Trinajstić information content (AvgIpc) is 3.51. The van der Waals surface area contributed by atoms with Gasteiger partial charge in [-0.05, 0) is 50.2 Å². The maximum atomic E-state index is 13.6. The van der Waals surface area contributed by atoms with Gasteiger partial charge in [-0.2, -0.15) is 18.3 Å². The van der Waals surface area contributed by atoms with Crippen molar-refractivity contribution < 1.29 is 22.7 Å². The number of methoxy groups -OCH3 is 1. The van der Waals surface area contributed by atoms with E-state index in [1.807, 2.05) is 20.8 Å². The van der Waals surface area contributed by atoms with Gasteiger partial charge < -0.3 is 15.4 Å². The molecule has 1 amide bonds. The Hall–Kier alpha value is -4.19. The van der Waals surface area contributed by atoms with Crippen molar-refractivity contribution in [1.29, 1.82) is 0 Å². The second-order valence-electron chi connectivity index (χ2n) is 8.41. The van der Waals surface area contributed by atoms with E-state index in [1.54, 1.807) is 30.6 Å². The number of aromatic nitrogens is 5. The molecule has 0 unspecified atom stereocenters. The summed E-state index contributed by atoms with van der Waals surface area (Å²) in [5.74, 6) is -0.440. The summed E-state index contributed by atoms with van der Waals surface area (Å²) in [6, 6.07) is 6.81. The Balaban J connectivity index is 1.67. The minimum absolute atomic E-state index is 0.0733. The van der Waals surface area contributed by atoms with Crippen molar-refractivity contribution in [2.24, 2.45) is 0 Å². The van der Waals surface area contributed by atoms with Crippen molar-refractivity contribution in [2.45, 2.75) is 33.5 Å². The van der Waals surface area contributed by atoms with E-state index in [-0.39, 0.29) is 29.1 Å². The summed E-state index contributed by atoms with van der Waals surface area (Å²) in [7, 11) is 1.35. The normalized spacial score (nSPS) is 11.5. The third kappa shape index (κ3) is 5.48. The summed E-state index contributed by atoms with van der Waals surface area (Å²) < 4.78 is 47.7. The van der Waals surface area contributed by atoms with E-state index in [4.69, 9.17) is 4.74 Å². The third-order valence-corrected chi connectivity index (χ3v) is 5.83. The average molecular weight is 514 g/mol. The first-order chi connectivity index (χ1) is 17.6. The number of carbonyl (C=O) groups excluding carboxylic acids is 1. The van der Waals surface area contributed by atoms with E-state index in [1.165, 1.54) is 11.8 Å². The summed E-state index contributed by atoms with van der Waals surface area (Å²) in [5, 5.41) is 20.8. The molecular weight excluding hydrogens is 487 g/mol. The molecule has 0 spiro atoms. The number of nitrogens with one attached hydrogen (secondary N) is 3. The van der Waals surface area contributed by atoms with Gasteiger partial charge in [0.15, 0.2) is 0 Å². The van der Waals surface area contributed by atoms with Gasteiger partial charge >= 0.3 is 6.18 Å². The van der Waals surface area contributed by atoms with Crippen molar-refractivity contribution in [1.82, 2.24) is 30.5 Å². The molecule has 3 N–H and O–H groups in total. The number of anilines is 1. The number of halogens is 3. The zero-order valence-corrected chi connectivity index (χ0v) is 20.7. The SMILES string of the molecule is CCNCc1cc(C(F)(F)F)cc(NC(=O)c2ccc(C)c(-n3cc(-c4cn[nH]c4C)nn3)c2)c1OC. The van der Waals surface area contributed by atoms with Gasteiger partial charge in [-0.3, -0.25) is 9.89 Å². The van der Waals surface area contributed by atoms with E-state index in [2.05, 4.69) is 31.1 Å². The second kappa shape index (κ2) is 10.4. The Morgan fingerprint density at radius 3 is 2.62 bits per heavy atom. The Bertz CT molecular complexity index is 1430. The van der Waals surface area contributed by atoms with Gasteiger partial charge in [0.2, 0.25) is 0 Å². The van der Waals surface area contributed by atoms with Crippen LogP contribution in [0.4, 0.5) is 18.9 Å². The Morgan fingerprint density at radius 1 is 1.19 bits per heavy atom. The molecule has 0 aliphatic rings. The molecule has 194 valence electrons. The summed E-state index contributed by atoms with van der Waals surface area (Å²) in [4.78, 5) is 13.2. The summed E-state index contributed by atoms with van der Waals surface area (Å²) in [5.41, 5.74) is 3.19. The molecular formula is C25H26F3N7O2. The maximum absolute atomic E-state index is 13.6. The molecule has 12 heteroatoms. The second-order valence-corrected chi connectivity index (χ2v) is 8.41. The van der Waals surface area contributed by atoms with Crippen LogP contribution in [0, 0.1) is 13.8 Å². The number of carbonyl (C=O) groups is 1. The predicted octanol–water partition coefficient (Wildman–Crippen LogP) is 4.66. The molecule has 37 heavy (non-hydrogen) atoms. The van der Waals surface area contributed by atoms with Gasteiger partial charge in [-0.25, -0.2) is 4.68 Å². The van der Waals surface area contributed by atoms with Crippen LogP contribution in [0.3, 0.4) is 0 Å². The molecule has 2 aromatic heterocycles. The number of benzene rings is 2. The van der Waals surface area contributed by atoms with Crippen molar-refractivity contribution in [2.75, 3.05) is 19.0 Å². The van der Waals surface area contributed by atoms with E-state index in [9.17, 15) is 18.0 Å². The number of hydrogen-bond donors (Lipinski definition) is 3. The molecule has 0 saturated carbocycles. The van der Waals surface area contributed by atoms with Gasteiger partial charge in [-0.1, -0.05) is 18.2 Å². The zero-order valence-electron chi connectivity index (χ0n) is 20.7. The molecule has 0 aliphatic carbocycles. The summed E-state index contributed by atoms with van der Waals surface area (Å²) in [6.45, 7) is 6.25. The number of nitrogens with zero attached hydrogens (tertiary/aromatic N) is 4. The largest absolute Gasteiger partial charge is 0.494 e. The fourth-order valence-electron chi connectivity index (χ4n) is 3.88. The third-order valence-electron chi connectivity index (χ3n) is 5.83. The van der Waals surface area contributed by atoms with Crippen molar-refractivity contribution in [3.05, 3.63) is 70.7 Å². The number of ether oxygens (including phenoxy) is 1. The number of hydrogen-bond acceptors (Lipinski definition) is 6. The molecule has 0 atom stereocenters. The first-order valence-electron chi connectivity index (χ1n) is 11.5. The van der Waals surface area contributed by atoms with Crippen molar-refractivity contribution in [3.63, 3.8) is 0 Å². The quantitative estimate of drug-likeness (QED) is 0.316. The highest BCUT2D eigenvalue weighted by atomic mass is 19.4. The van der Waals surface area contributed by atoms with Gasteiger partial charge in [0.25, 0.3) is 5.91 Å². The summed E-state index contributed by atoms with van der Waals surface area (Å²) >= 11 is 0. The fourth-order valence-corrected chi connectivity index (χ4v) is 3.88. The molecule has 2 aromatic carbocycles. The molecule has 0 saturated heterocycles. The van der Waals surface area contributed by atoms with Crippen LogP contribution in [0.2, 0.25) is 0 Å². The molecule has 0 fully saturated rings. The lowest BCUT2D eigenvalue weighted by molar-refractivity contribution is -0.137. The standard InChI is InChI=1S/C25H26F3N7O2/c1-5-29-11-17-8-18(25(26,27)28)10-20(23(17)37-4)31-24(36)16-7-6-14(2)22(9-16)35-13-21(33-34-35)19-12-30-32-15(19)3/h6-10,12-13,29H,5,11H2,1-4H3,(H,30,32)(H,31,36). The van der Waals surface area contributed by atoms with E-state index >= 15 is 0 Å². The Kier molecular flexibility index (Phi) is 7.30. The fraction of sp³-hybridized carbons (Fsp3) is 0.280. The molecule has 0 bridgehead atoms. The first kappa shape index (κ1) is 25.9. The molecule has 0 radical (unpaired) electrons. The molecule has 4 rings (SSSR count). The van der Waals surface area contributed by atoms with Crippen molar-refractivity contribution >= 4 is 11.6 Å². The van der Waals surface area contributed by atoms with Crippen molar-refractivity contribution in [3.8, 4) is 22.7 Å². The molecule has 2 heterocycles. The molecule has 4 aromatic rings. The molecule has 9 nitrogen and oxygen atoms in total. The first-order valence-corrected chi connectivity index (χ1v) is 11.5. The highest BCUT2D eigenvalue weighted by molar-refractivity contribution is 6.05. The topological polar surface area (TPSA) is 110 Å². The van der Waals surface area contributed by atoms with Crippen LogP contribution in [0.5, 0.6) is 5.75 Å². The molecule has 0 aliphatic heterocycles. The number of amides is 1. The highest BCUT2D eigenvalue weighted by Crippen LogP contribution is 2.38. The van der Waals surface area contributed by atoms with Crippen LogP contribution < -0.4 is 15.4 Å². The van der Waals surface area contributed by atoms with Gasteiger partial charge in [-0.15, -0.1) is 5.10 Å². The van der Waals surface area contributed by atoms with Crippen LogP contribution in [0.25, 0.3) is 16.9 Å². The Morgan fingerprint density at radius 2 is 1.97 bits per heavy atom. The number of aromatic amines is 1. The van der Waals surface area contributed by atoms with Crippen LogP contribution in [0.1, 0.15) is 39.7 Å². The monoisotopic (exact) mass is 513 g/mol. The van der Waals surface area contributed by atoms with E-state index in [0.29, 0.717) is 17.9 Å². The van der Waals surface area contributed by atoms with Crippen LogP contribution >= 0.6 is 0 Å². The number of alkyl halides is 3. The number of H-pyrrole nitrogens is 1. The smallest absolute Gasteiger partial charge is 0.416 e. The van der Waals surface area contributed by atoms with Crippen LogP contribution in [0.15, 0.2) is 42.7 Å². The number of aryl methyl sites for hydroxylation is 2. The maximum Gasteiger partial charge on any atom is 0.416 e. The lowest BCUT2D eigenvalue weighted by atomic mass is 10.1. The minimum Gasteiger partial charge on any atom is -0.494 e. The highest BCUT2D eigenvalue weighted by Gasteiger charge is 2.33. The zero-order chi connectivity index (χ0) is 26.7. The lowest BCUT2D eigenvalue weighted by Crippen LogP contribution is -2.18. The van der Waals surface area contributed by atoms with Crippen LogP contribution in [-0.4, -0.2) is 44.8 Å². The number of rotatable bonds is 8. The van der Waals surface area contributed by atoms with E-state index in [0.717, 1.165) is 29.0 Å². The lowest BCUT2D eigenvalue weighted by Gasteiger charge is -2.18. The predicted molar refractivity (Wildman–Crippen MR) is 132 cm³/mol. The van der Waals surface area contributed by atoms with Crippen LogP contribution in [-0.2, 0) is 12.7 Å². The van der Waals surface area contributed by atoms with Gasteiger partial charge in [0.1, 0.15) is 11.4 Å². The van der Waals surface area contributed by atoms with Gasteiger partial charge in [0, 0.05) is 28.9 Å². The Labute approximate surface area is 211 Å². The van der Waals surface area contributed by atoms with E-state index < -0.39 is 17.6 Å². The van der Waals surface area contributed by atoms with Gasteiger partial charge in [0.05, 0.1) is 36.4 Å². The summed E-state index contributed by atoms with van der Waals surface area (Å²) in [6.07, 6.45) is -1.24.